The predicted molar refractivity (Wildman–Crippen MR) is 122 cm³/mol. The Balaban J connectivity index is 1.48. The lowest BCUT2D eigenvalue weighted by Crippen LogP contribution is -1.77. The molecule has 0 radical (unpaired) electrons. The van der Waals surface area contributed by atoms with E-state index >= 15 is 0 Å². The van der Waals surface area contributed by atoms with Crippen LogP contribution < -0.4 is 0 Å². The molecule has 0 nitrogen and oxygen atoms in total. The van der Waals surface area contributed by atoms with Crippen molar-refractivity contribution in [1.29, 1.82) is 0 Å². The minimum atomic E-state index is 1.12. The van der Waals surface area contributed by atoms with Gasteiger partial charge in [0.25, 0.3) is 0 Å². The van der Waals surface area contributed by atoms with E-state index in [0.717, 1.165) is 8.95 Å². The summed E-state index contributed by atoms with van der Waals surface area (Å²) in [6.45, 7) is 0. The van der Waals surface area contributed by atoms with Crippen LogP contribution in [0.2, 0.25) is 0 Å². The Morgan fingerprint density at radius 2 is 0.917 bits per heavy atom. The lowest BCUT2D eigenvalue weighted by Gasteiger charge is -2.05. The van der Waals surface area contributed by atoms with Gasteiger partial charge in [0.15, 0.2) is 0 Å². The van der Waals surface area contributed by atoms with Gasteiger partial charge in [-0.1, -0.05) is 103 Å². The molecule has 2 aromatic rings. The second-order valence-electron chi connectivity index (χ2n) is 4.99. The monoisotopic (exact) mass is 512 g/mol. The zero-order valence-corrected chi connectivity index (χ0v) is 18.6. The lowest BCUT2D eigenvalue weighted by atomic mass is 10.2. The molecule has 2 heterocycles. The number of hydrogen-bond donors (Lipinski definition) is 0. The summed E-state index contributed by atoms with van der Waals surface area (Å²) in [6, 6.07) is 17.0. The average molecular weight is 514 g/mol. The van der Waals surface area contributed by atoms with E-state index in [1.807, 2.05) is 47.0 Å². The fourth-order valence-corrected chi connectivity index (χ4v) is 7.63. The quantitative estimate of drug-likeness (QED) is 0.394. The molecular weight excluding hydrogens is 504 g/mol. The van der Waals surface area contributed by atoms with Crippen LogP contribution in [0.25, 0.3) is 9.81 Å². The maximum atomic E-state index is 3.50. The van der Waals surface area contributed by atoms with Gasteiger partial charge >= 0.3 is 0 Å². The molecule has 0 saturated heterocycles. The highest BCUT2D eigenvalue weighted by Gasteiger charge is 2.23. The second kappa shape index (κ2) is 7.72. The highest BCUT2D eigenvalue weighted by atomic mass is 79.9. The highest BCUT2D eigenvalue weighted by molar-refractivity contribution is 9.10. The van der Waals surface area contributed by atoms with Crippen LogP contribution in [0.3, 0.4) is 0 Å². The van der Waals surface area contributed by atoms with E-state index < -0.39 is 0 Å². The minimum Gasteiger partial charge on any atom is -0.0878 e. The van der Waals surface area contributed by atoms with Crippen molar-refractivity contribution in [3.8, 4) is 0 Å². The number of halogens is 2. The van der Waals surface area contributed by atoms with E-state index in [1.165, 1.54) is 29.4 Å². The van der Waals surface area contributed by atoms with Crippen LogP contribution in [-0.2, 0) is 0 Å². The van der Waals surface area contributed by atoms with Gasteiger partial charge in [0.2, 0.25) is 0 Å². The standard InChI is InChI=1S/C18H10Br2S4/c19-13-5-1-11(2-6-13)15-9-21-17(23-15)18-22-10-16(24-18)12-3-7-14(20)8-4-12/h1-10H/b18-17-. The van der Waals surface area contributed by atoms with E-state index in [0.29, 0.717) is 0 Å². The van der Waals surface area contributed by atoms with Gasteiger partial charge in [0, 0.05) is 18.8 Å². The number of hydrogen-bond acceptors (Lipinski definition) is 4. The van der Waals surface area contributed by atoms with Gasteiger partial charge in [0.05, 0.1) is 8.47 Å². The van der Waals surface area contributed by atoms with Gasteiger partial charge < -0.3 is 0 Å². The minimum absolute atomic E-state index is 1.12. The van der Waals surface area contributed by atoms with Crippen molar-refractivity contribution < 1.29 is 0 Å². The molecule has 0 aromatic heterocycles. The third-order valence-electron chi connectivity index (χ3n) is 3.38. The molecule has 2 aromatic carbocycles. The molecule has 2 aliphatic rings. The van der Waals surface area contributed by atoms with Crippen molar-refractivity contribution in [2.24, 2.45) is 0 Å². The van der Waals surface area contributed by atoms with Crippen molar-refractivity contribution in [1.82, 2.24) is 0 Å². The van der Waals surface area contributed by atoms with Gasteiger partial charge in [0.1, 0.15) is 0 Å². The van der Waals surface area contributed by atoms with E-state index in [1.54, 1.807) is 0 Å². The molecule has 0 unspecified atom stereocenters. The maximum absolute atomic E-state index is 3.50. The Hall–Kier alpha value is 0.0200. The van der Waals surface area contributed by atoms with Crippen molar-refractivity contribution >= 4 is 88.7 Å². The fraction of sp³-hybridized carbons (Fsp3) is 0. The third-order valence-corrected chi connectivity index (χ3v) is 9.79. The van der Waals surface area contributed by atoms with Crippen LogP contribution in [0.4, 0.5) is 0 Å². The summed E-state index contributed by atoms with van der Waals surface area (Å²) in [7, 11) is 0. The van der Waals surface area contributed by atoms with Crippen LogP contribution in [0.5, 0.6) is 0 Å². The molecule has 0 bridgehead atoms. The van der Waals surface area contributed by atoms with Crippen LogP contribution in [0.1, 0.15) is 11.1 Å². The predicted octanol–water partition coefficient (Wildman–Crippen LogP) is 8.60. The smallest absolute Gasteiger partial charge is 0.0700 e. The fourth-order valence-electron chi connectivity index (χ4n) is 2.17. The molecule has 0 atom stereocenters. The van der Waals surface area contributed by atoms with Gasteiger partial charge in [-0.05, 0) is 46.2 Å². The third kappa shape index (κ3) is 3.89. The molecule has 0 saturated carbocycles. The van der Waals surface area contributed by atoms with Crippen molar-refractivity contribution in [2.45, 2.75) is 0 Å². The molecule has 120 valence electrons. The first kappa shape index (κ1) is 17.4. The summed E-state index contributed by atoms with van der Waals surface area (Å²) in [5, 5.41) is 4.52. The topological polar surface area (TPSA) is 0 Å². The Morgan fingerprint density at radius 3 is 1.29 bits per heavy atom. The average Bonchev–Trinajstić information content (AvgIpc) is 3.25. The second-order valence-corrected chi connectivity index (χ2v) is 11.2. The van der Waals surface area contributed by atoms with Crippen molar-refractivity contribution in [2.75, 3.05) is 0 Å². The molecule has 6 heteroatoms. The maximum Gasteiger partial charge on any atom is 0.0700 e. The summed E-state index contributed by atoms with van der Waals surface area (Å²) in [6.07, 6.45) is 0. The molecule has 4 rings (SSSR count). The molecule has 0 aliphatic carbocycles. The van der Waals surface area contributed by atoms with E-state index in [2.05, 4.69) is 91.2 Å². The Bertz CT molecular complexity index is 791. The van der Waals surface area contributed by atoms with Crippen molar-refractivity contribution in [3.05, 3.63) is 87.9 Å². The van der Waals surface area contributed by atoms with Crippen molar-refractivity contribution in [3.63, 3.8) is 0 Å². The molecule has 0 amide bonds. The normalized spacial score (nSPS) is 20.2. The summed E-state index contributed by atoms with van der Waals surface area (Å²) >= 11 is 14.4. The van der Waals surface area contributed by atoms with Crippen LogP contribution in [0, 0.1) is 0 Å². The largest absolute Gasteiger partial charge is 0.0878 e. The lowest BCUT2D eigenvalue weighted by molar-refractivity contribution is 1.61. The van der Waals surface area contributed by atoms with E-state index in [-0.39, 0.29) is 0 Å². The molecule has 0 N–H and O–H groups in total. The molecular formula is C18H10Br2S4. The first-order chi connectivity index (χ1) is 11.7. The van der Waals surface area contributed by atoms with Crippen LogP contribution in [-0.4, -0.2) is 0 Å². The summed E-state index contributed by atoms with van der Waals surface area (Å²) in [4.78, 5) is 2.65. The Kier molecular flexibility index (Phi) is 5.61. The summed E-state index contributed by atoms with van der Waals surface area (Å²) < 4.78 is 5.00. The van der Waals surface area contributed by atoms with Gasteiger partial charge in [-0.15, -0.1) is 0 Å². The summed E-state index contributed by atoms with van der Waals surface area (Å²) in [5.41, 5.74) is 2.56. The zero-order valence-electron chi connectivity index (χ0n) is 12.2. The zero-order chi connectivity index (χ0) is 16.5. The van der Waals surface area contributed by atoms with Gasteiger partial charge in [-0.2, -0.15) is 0 Å². The Morgan fingerprint density at radius 1 is 0.542 bits per heavy atom. The van der Waals surface area contributed by atoms with E-state index in [4.69, 9.17) is 0 Å². The van der Waals surface area contributed by atoms with Crippen LogP contribution >= 0.6 is 78.9 Å². The molecule has 0 fully saturated rings. The van der Waals surface area contributed by atoms with E-state index in [9.17, 15) is 0 Å². The molecule has 24 heavy (non-hydrogen) atoms. The number of benzene rings is 2. The molecule has 2 aliphatic heterocycles. The van der Waals surface area contributed by atoms with Crippen LogP contribution in [0.15, 0.2) is 76.8 Å². The number of rotatable bonds is 2. The first-order valence-electron chi connectivity index (χ1n) is 7.04. The molecule has 0 spiro atoms. The number of thioether (sulfide) groups is 4. The van der Waals surface area contributed by atoms with Gasteiger partial charge in [-0.3, -0.25) is 0 Å². The summed E-state index contributed by atoms with van der Waals surface area (Å²) in [5.74, 6) is 0. The Labute approximate surface area is 175 Å². The highest BCUT2D eigenvalue weighted by Crippen LogP contribution is 2.58. The SMILES string of the molecule is Brc1ccc(C2=CS/C(=C3\SC=C(c4ccc(Br)cc4)S3)S2)cc1. The van der Waals surface area contributed by atoms with Gasteiger partial charge in [-0.25, -0.2) is 0 Å². The first-order valence-corrected chi connectivity index (χ1v) is 12.0.